The van der Waals surface area contributed by atoms with Crippen LogP contribution >= 0.6 is 0 Å². The SMILES string of the molecule is CCCCC(CC)CC(CO)NCC. The van der Waals surface area contributed by atoms with Gasteiger partial charge in [0, 0.05) is 6.04 Å². The molecule has 0 aliphatic heterocycles. The number of aliphatic hydroxyl groups is 1. The van der Waals surface area contributed by atoms with Gasteiger partial charge in [-0.2, -0.15) is 0 Å². The smallest absolute Gasteiger partial charge is 0.0584 e. The van der Waals surface area contributed by atoms with Gasteiger partial charge in [-0.25, -0.2) is 0 Å². The number of aliphatic hydroxyl groups excluding tert-OH is 1. The monoisotopic (exact) mass is 201 g/mol. The van der Waals surface area contributed by atoms with Crippen molar-refractivity contribution in [1.29, 1.82) is 0 Å². The van der Waals surface area contributed by atoms with Gasteiger partial charge in [0.15, 0.2) is 0 Å². The zero-order valence-electron chi connectivity index (χ0n) is 10.1. The highest BCUT2D eigenvalue weighted by Crippen LogP contribution is 2.18. The molecular weight excluding hydrogens is 174 g/mol. The number of hydrogen-bond donors (Lipinski definition) is 2. The molecule has 2 atom stereocenters. The first kappa shape index (κ1) is 13.9. The zero-order chi connectivity index (χ0) is 10.8. The molecule has 2 nitrogen and oxygen atoms in total. The maximum absolute atomic E-state index is 9.16. The summed E-state index contributed by atoms with van der Waals surface area (Å²) in [6.45, 7) is 7.81. The van der Waals surface area contributed by atoms with Crippen molar-refractivity contribution in [3.8, 4) is 0 Å². The second-order valence-electron chi connectivity index (χ2n) is 4.09. The Morgan fingerprint density at radius 3 is 2.36 bits per heavy atom. The third-order valence-corrected chi connectivity index (χ3v) is 2.87. The Labute approximate surface area is 89.1 Å². The Morgan fingerprint density at radius 2 is 1.93 bits per heavy atom. The Morgan fingerprint density at radius 1 is 1.21 bits per heavy atom. The van der Waals surface area contributed by atoms with Crippen molar-refractivity contribution in [2.75, 3.05) is 13.2 Å². The van der Waals surface area contributed by atoms with Gasteiger partial charge in [-0.05, 0) is 18.9 Å². The van der Waals surface area contributed by atoms with Crippen LogP contribution in [-0.2, 0) is 0 Å². The average molecular weight is 201 g/mol. The van der Waals surface area contributed by atoms with E-state index in [9.17, 15) is 0 Å². The van der Waals surface area contributed by atoms with Crippen LogP contribution in [-0.4, -0.2) is 24.3 Å². The lowest BCUT2D eigenvalue weighted by Gasteiger charge is -2.21. The fourth-order valence-corrected chi connectivity index (χ4v) is 1.89. The highest BCUT2D eigenvalue weighted by molar-refractivity contribution is 4.70. The summed E-state index contributed by atoms with van der Waals surface area (Å²) in [5.41, 5.74) is 0. The van der Waals surface area contributed by atoms with Crippen molar-refractivity contribution >= 4 is 0 Å². The lowest BCUT2D eigenvalue weighted by molar-refractivity contribution is 0.215. The molecule has 0 aliphatic carbocycles. The van der Waals surface area contributed by atoms with E-state index in [1.807, 2.05) is 0 Å². The van der Waals surface area contributed by atoms with Gasteiger partial charge in [-0.15, -0.1) is 0 Å². The van der Waals surface area contributed by atoms with Crippen molar-refractivity contribution in [3.05, 3.63) is 0 Å². The van der Waals surface area contributed by atoms with Crippen LogP contribution in [0.1, 0.15) is 52.9 Å². The number of unbranched alkanes of at least 4 members (excludes halogenated alkanes) is 1. The minimum absolute atomic E-state index is 0.274. The predicted octanol–water partition coefficient (Wildman–Crippen LogP) is 2.56. The first-order valence-corrected chi connectivity index (χ1v) is 6.12. The van der Waals surface area contributed by atoms with Gasteiger partial charge in [-0.3, -0.25) is 0 Å². The van der Waals surface area contributed by atoms with Crippen LogP contribution in [0.15, 0.2) is 0 Å². The Balaban J connectivity index is 3.75. The Kier molecular flexibility index (Phi) is 9.42. The maximum Gasteiger partial charge on any atom is 0.0584 e. The fourth-order valence-electron chi connectivity index (χ4n) is 1.89. The Hall–Kier alpha value is -0.0800. The molecule has 0 amide bonds. The number of likely N-dealkylation sites (N-methyl/N-ethyl adjacent to an activating group) is 1. The lowest BCUT2D eigenvalue weighted by atomic mass is 9.92. The Bertz CT molecular complexity index is 117. The number of nitrogens with one attached hydrogen (secondary N) is 1. The second kappa shape index (κ2) is 9.47. The van der Waals surface area contributed by atoms with E-state index in [1.54, 1.807) is 0 Å². The summed E-state index contributed by atoms with van der Waals surface area (Å²) in [4.78, 5) is 0. The van der Waals surface area contributed by atoms with Gasteiger partial charge in [0.25, 0.3) is 0 Å². The number of rotatable bonds is 9. The summed E-state index contributed by atoms with van der Waals surface area (Å²) >= 11 is 0. The second-order valence-corrected chi connectivity index (χ2v) is 4.09. The fraction of sp³-hybridized carbons (Fsp3) is 1.00. The van der Waals surface area contributed by atoms with Gasteiger partial charge in [0.2, 0.25) is 0 Å². The minimum Gasteiger partial charge on any atom is -0.395 e. The van der Waals surface area contributed by atoms with Crippen LogP contribution in [0.4, 0.5) is 0 Å². The molecule has 0 aromatic carbocycles. The quantitative estimate of drug-likeness (QED) is 0.601. The normalized spacial score (nSPS) is 15.4. The first-order chi connectivity index (χ1) is 6.78. The molecule has 86 valence electrons. The molecular formula is C12H27NO. The third kappa shape index (κ3) is 6.39. The van der Waals surface area contributed by atoms with Gasteiger partial charge in [0.1, 0.15) is 0 Å². The van der Waals surface area contributed by atoms with Gasteiger partial charge < -0.3 is 10.4 Å². The molecule has 0 aromatic rings. The van der Waals surface area contributed by atoms with E-state index in [-0.39, 0.29) is 6.61 Å². The van der Waals surface area contributed by atoms with Crippen molar-refractivity contribution in [2.45, 2.75) is 58.9 Å². The van der Waals surface area contributed by atoms with Crippen molar-refractivity contribution in [1.82, 2.24) is 5.32 Å². The molecule has 0 fully saturated rings. The van der Waals surface area contributed by atoms with Gasteiger partial charge in [0.05, 0.1) is 6.61 Å². The molecule has 0 saturated carbocycles. The van der Waals surface area contributed by atoms with E-state index in [0.717, 1.165) is 18.9 Å². The summed E-state index contributed by atoms with van der Waals surface area (Å²) in [7, 11) is 0. The summed E-state index contributed by atoms with van der Waals surface area (Å²) < 4.78 is 0. The highest BCUT2D eigenvalue weighted by atomic mass is 16.3. The zero-order valence-corrected chi connectivity index (χ0v) is 10.1. The molecule has 0 rings (SSSR count). The molecule has 14 heavy (non-hydrogen) atoms. The molecule has 2 unspecified atom stereocenters. The van der Waals surface area contributed by atoms with Gasteiger partial charge >= 0.3 is 0 Å². The van der Waals surface area contributed by atoms with Crippen LogP contribution in [0.2, 0.25) is 0 Å². The predicted molar refractivity (Wildman–Crippen MR) is 62.5 cm³/mol. The van der Waals surface area contributed by atoms with E-state index in [0.29, 0.717) is 6.04 Å². The average Bonchev–Trinajstić information content (AvgIpc) is 2.22. The van der Waals surface area contributed by atoms with E-state index in [4.69, 9.17) is 5.11 Å². The molecule has 2 N–H and O–H groups in total. The van der Waals surface area contributed by atoms with E-state index in [1.165, 1.54) is 25.7 Å². The first-order valence-electron chi connectivity index (χ1n) is 6.12. The summed E-state index contributed by atoms with van der Waals surface area (Å²) in [6.07, 6.45) is 6.28. The molecule has 0 aliphatic rings. The van der Waals surface area contributed by atoms with E-state index in [2.05, 4.69) is 26.1 Å². The van der Waals surface area contributed by atoms with Crippen molar-refractivity contribution in [2.24, 2.45) is 5.92 Å². The van der Waals surface area contributed by atoms with Crippen LogP contribution < -0.4 is 5.32 Å². The van der Waals surface area contributed by atoms with Crippen molar-refractivity contribution < 1.29 is 5.11 Å². The highest BCUT2D eigenvalue weighted by Gasteiger charge is 2.12. The van der Waals surface area contributed by atoms with E-state index >= 15 is 0 Å². The van der Waals surface area contributed by atoms with E-state index < -0.39 is 0 Å². The maximum atomic E-state index is 9.16. The summed E-state index contributed by atoms with van der Waals surface area (Å²) in [5.74, 6) is 0.783. The largest absolute Gasteiger partial charge is 0.395 e. The molecule has 0 spiro atoms. The lowest BCUT2D eigenvalue weighted by Crippen LogP contribution is -2.34. The molecule has 0 heterocycles. The molecule has 0 saturated heterocycles. The topological polar surface area (TPSA) is 32.3 Å². The summed E-state index contributed by atoms with van der Waals surface area (Å²) in [5, 5.41) is 12.5. The minimum atomic E-state index is 0.274. The molecule has 2 heteroatoms. The van der Waals surface area contributed by atoms with Crippen LogP contribution in [0, 0.1) is 5.92 Å². The third-order valence-electron chi connectivity index (χ3n) is 2.87. The molecule has 0 aromatic heterocycles. The number of hydrogen-bond acceptors (Lipinski definition) is 2. The van der Waals surface area contributed by atoms with Crippen LogP contribution in [0.5, 0.6) is 0 Å². The molecule has 0 bridgehead atoms. The molecule has 0 radical (unpaired) electrons. The van der Waals surface area contributed by atoms with Crippen LogP contribution in [0.3, 0.4) is 0 Å². The summed E-state index contributed by atoms with van der Waals surface area (Å²) in [6, 6.07) is 0.307. The van der Waals surface area contributed by atoms with Gasteiger partial charge in [-0.1, -0.05) is 46.5 Å². The standard InChI is InChI=1S/C12H27NO/c1-4-7-8-11(5-2)9-12(10-14)13-6-3/h11-14H,4-10H2,1-3H3. The van der Waals surface area contributed by atoms with Crippen molar-refractivity contribution in [3.63, 3.8) is 0 Å². The van der Waals surface area contributed by atoms with Crippen LogP contribution in [0.25, 0.3) is 0 Å².